The van der Waals surface area contributed by atoms with E-state index in [1.165, 1.54) is 5.56 Å². The molecule has 4 nitrogen and oxygen atoms in total. The third-order valence-electron chi connectivity index (χ3n) is 2.54. The predicted octanol–water partition coefficient (Wildman–Crippen LogP) is 1.66. The number of carboxylic acids is 1. The third kappa shape index (κ3) is 4.87. The van der Waals surface area contributed by atoms with Gasteiger partial charge in [0.2, 0.25) is 0 Å². The Balaban J connectivity index is 2.57. The average molecular weight is 236 g/mol. The Labute approximate surface area is 102 Å². The second-order valence-corrected chi connectivity index (χ2v) is 4.47. The molecule has 1 rings (SSSR count). The van der Waals surface area contributed by atoms with Crippen molar-refractivity contribution in [3.8, 4) is 0 Å². The van der Waals surface area contributed by atoms with Gasteiger partial charge in [-0.25, -0.2) is 0 Å². The molecular formula is C13H20N2O2. The molecule has 0 saturated carbocycles. The van der Waals surface area contributed by atoms with Gasteiger partial charge in [-0.05, 0) is 31.8 Å². The second-order valence-electron chi connectivity index (χ2n) is 4.47. The molecule has 17 heavy (non-hydrogen) atoms. The van der Waals surface area contributed by atoms with Crippen molar-refractivity contribution < 1.29 is 9.90 Å². The van der Waals surface area contributed by atoms with Crippen molar-refractivity contribution in [1.82, 2.24) is 4.90 Å². The van der Waals surface area contributed by atoms with Crippen molar-refractivity contribution in [3.05, 3.63) is 29.8 Å². The fourth-order valence-corrected chi connectivity index (χ4v) is 1.61. The van der Waals surface area contributed by atoms with E-state index in [4.69, 9.17) is 5.11 Å². The Morgan fingerprint density at radius 3 is 2.24 bits per heavy atom. The van der Waals surface area contributed by atoms with Crippen molar-refractivity contribution in [2.45, 2.75) is 13.0 Å². The Morgan fingerprint density at radius 2 is 1.76 bits per heavy atom. The molecule has 1 aromatic rings. The number of rotatable bonds is 6. The molecule has 0 aliphatic carbocycles. The minimum atomic E-state index is -0.763. The van der Waals surface area contributed by atoms with Gasteiger partial charge < -0.3 is 14.9 Å². The van der Waals surface area contributed by atoms with E-state index in [-0.39, 0.29) is 6.42 Å². The number of benzene rings is 1. The van der Waals surface area contributed by atoms with E-state index in [0.717, 1.165) is 12.2 Å². The first kappa shape index (κ1) is 13.5. The normalized spacial score (nSPS) is 10.6. The zero-order chi connectivity index (χ0) is 12.8. The number of anilines is 1. The molecule has 0 fully saturated rings. The summed E-state index contributed by atoms with van der Waals surface area (Å²) in [6.45, 7) is 1.45. The van der Waals surface area contributed by atoms with Gasteiger partial charge in [-0.15, -0.1) is 0 Å². The van der Waals surface area contributed by atoms with Crippen LogP contribution in [-0.4, -0.2) is 43.7 Å². The molecule has 0 aliphatic rings. The molecule has 0 bridgehead atoms. The van der Waals surface area contributed by atoms with Crippen LogP contribution < -0.4 is 4.90 Å². The van der Waals surface area contributed by atoms with E-state index < -0.39 is 5.97 Å². The van der Waals surface area contributed by atoms with Crippen LogP contribution in [-0.2, 0) is 11.3 Å². The molecule has 94 valence electrons. The number of hydrogen-bond donors (Lipinski definition) is 1. The third-order valence-corrected chi connectivity index (χ3v) is 2.54. The highest BCUT2D eigenvalue weighted by atomic mass is 16.4. The molecule has 0 atom stereocenters. The monoisotopic (exact) mass is 236 g/mol. The summed E-state index contributed by atoms with van der Waals surface area (Å²) >= 11 is 0. The zero-order valence-corrected chi connectivity index (χ0v) is 10.7. The number of hydrogen-bond acceptors (Lipinski definition) is 3. The van der Waals surface area contributed by atoms with E-state index in [1.807, 2.05) is 38.2 Å². The Kier molecular flexibility index (Phi) is 4.97. The molecule has 4 heteroatoms. The van der Waals surface area contributed by atoms with Gasteiger partial charge in [-0.3, -0.25) is 4.79 Å². The van der Waals surface area contributed by atoms with Crippen molar-refractivity contribution >= 4 is 11.7 Å². The Hall–Kier alpha value is -1.55. The van der Waals surface area contributed by atoms with E-state index in [9.17, 15) is 4.79 Å². The highest BCUT2D eigenvalue weighted by Gasteiger charge is 2.04. The second kappa shape index (κ2) is 6.25. The maximum Gasteiger partial charge on any atom is 0.305 e. The summed E-state index contributed by atoms with van der Waals surface area (Å²) in [7, 11) is 5.98. The van der Waals surface area contributed by atoms with Crippen LogP contribution in [0.1, 0.15) is 12.0 Å². The lowest BCUT2D eigenvalue weighted by atomic mass is 10.2. The Morgan fingerprint density at radius 1 is 1.18 bits per heavy atom. The molecule has 1 N–H and O–H groups in total. The van der Waals surface area contributed by atoms with Gasteiger partial charge in [0.05, 0.1) is 6.42 Å². The summed E-state index contributed by atoms with van der Waals surface area (Å²) in [6, 6.07) is 8.21. The topological polar surface area (TPSA) is 43.8 Å². The van der Waals surface area contributed by atoms with Gasteiger partial charge in [-0.2, -0.15) is 0 Å². The summed E-state index contributed by atoms with van der Waals surface area (Å²) in [5.41, 5.74) is 2.30. The van der Waals surface area contributed by atoms with Crippen LogP contribution in [0.2, 0.25) is 0 Å². The molecule has 0 heterocycles. The molecule has 0 amide bonds. The fraction of sp³-hybridized carbons (Fsp3) is 0.462. The minimum Gasteiger partial charge on any atom is -0.481 e. The van der Waals surface area contributed by atoms with Gasteiger partial charge in [0.1, 0.15) is 0 Å². The fourth-order valence-electron chi connectivity index (χ4n) is 1.61. The van der Waals surface area contributed by atoms with E-state index >= 15 is 0 Å². The number of carbonyl (C=O) groups is 1. The molecule has 0 saturated heterocycles. The van der Waals surface area contributed by atoms with Crippen LogP contribution in [0.4, 0.5) is 5.69 Å². The average Bonchev–Trinajstić information content (AvgIpc) is 2.26. The summed E-state index contributed by atoms with van der Waals surface area (Å²) in [5, 5.41) is 8.62. The largest absolute Gasteiger partial charge is 0.481 e. The van der Waals surface area contributed by atoms with Crippen molar-refractivity contribution in [3.63, 3.8) is 0 Å². The standard InChI is InChI=1S/C13H20N2O2/c1-14(2)10-11-4-6-12(7-5-11)15(3)9-8-13(16)17/h4-7H,8-10H2,1-3H3,(H,16,17). The molecule has 0 aliphatic heterocycles. The first-order chi connectivity index (χ1) is 7.99. The first-order valence-electron chi connectivity index (χ1n) is 5.65. The molecule has 1 aromatic carbocycles. The smallest absolute Gasteiger partial charge is 0.305 e. The number of carboxylic acid groups (broad SMARTS) is 1. The lowest BCUT2D eigenvalue weighted by Crippen LogP contribution is -2.21. The maximum absolute atomic E-state index is 10.5. The van der Waals surface area contributed by atoms with Gasteiger partial charge in [0, 0.05) is 25.8 Å². The molecule has 0 spiro atoms. The van der Waals surface area contributed by atoms with E-state index in [0.29, 0.717) is 6.54 Å². The molecule has 0 radical (unpaired) electrons. The van der Waals surface area contributed by atoms with Crippen LogP contribution in [0, 0.1) is 0 Å². The summed E-state index contributed by atoms with van der Waals surface area (Å²) < 4.78 is 0. The summed E-state index contributed by atoms with van der Waals surface area (Å²) in [6.07, 6.45) is 0.163. The SMILES string of the molecule is CN(C)Cc1ccc(N(C)CCC(=O)O)cc1. The van der Waals surface area contributed by atoms with Crippen LogP contribution in [0.3, 0.4) is 0 Å². The molecule has 0 aromatic heterocycles. The minimum absolute atomic E-state index is 0.163. The van der Waals surface area contributed by atoms with E-state index in [2.05, 4.69) is 17.0 Å². The maximum atomic E-state index is 10.5. The summed E-state index contributed by atoms with van der Waals surface area (Å²) in [5.74, 6) is -0.763. The van der Waals surface area contributed by atoms with Crippen LogP contribution >= 0.6 is 0 Å². The van der Waals surface area contributed by atoms with Crippen molar-refractivity contribution in [2.24, 2.45) is 0 Å². The Bertz CT molecular complexity index is 360. The highest BCUT2D eigenvalue weighted by molar-refractivity contribution is 5.67. The molecule has 0 unspecified atom stereocenters. The number of nitrogens with zero attached hydrogens (tertiary/aromatic N) is 2. The molecular weight excluding hydrogens is 216 g/mol. The predicted molar refractivity (Wildman–Crippen MR) is 69.4 cm³/mol. The van der Waals surface area contributed by atoms with Gasteiger partial charge >= 0.3 is 5.97 Å². The van der Waals surface area contributed by atoms with Gasteiger partial charge in [0.15, 0.2) is 0 Å². The lowest BCUT2D eigenvalue weighted by Gasteiger charge is -2.19. The first-order valence-corrected chi connectivity index (χ1v) is 5.65. The van der Waals surface area contributed by atoms with Crippen molar-refractivity contribution in [1.29, 1.82) is 0 Å². The van der Waals surface area contributed by atoms with Gasteiger partial charge in [0.25, 0.3) is 0 Å². The quantitative estimate of drug-likeness (QED) is 0.816. The van der Waals surface area contributed by atoms with Crippen LogP contribution in [0.15, 0.2) is 24.3 Å². The van der Waals surface area contributed by atoms with Crippen LogP contribution in [0.5, 0.6) is 0 Å². The highest BCUT2D eigenvalue weighted by Crippen LogP contribution is 2.14. The number of aliphatic carboxylic acids is 1. The van der Waals surface area contributed by atoms with Gasteiger partial charge in [-0.1, -0.05) is 12.1 Å². The zero-order valence-electron chi connectivity index (χ0n) is 10.7. The van der Waals surface area contributed by atoms with Crippen LogP contribution in [0.25, 0.3) is 0 Å². The summed E-state index contributed by atoms with van der Waals surface area (Å²) in [4.78, 5) is 14.5. The van der Waals surface area contributed by atoms with E-state index in [1.54, 1.807) is 0 Å². The van der Waals surface area contributed by atoms with Crippen molar-refractivity contribution in [2.75, 3.05) is 32.6 Å². The lowest BCUT2D eigenvalue weighted by molar-refractivity contribution is -0.136.